The van der Waals surface area contributed by atoms with Crippen LogP contribution in [0.2, 0.25) is 0 Å². The molecule has 2 aromatic carbocycles. The first-order valence-corrected chi connectivity index (χ1v) is 7.13. The number of ether oxygens (including phenoxy) is 1. The van der Waals surface area contributed by atoms with Gasteiger partial charge in [-0.25, -0.2) is 0 Å². The van der Waals surface area contributed by atoms with Crippen molar-refractivity contribution in [1.82, 2.24) is 5.43 Å². The molecule has 0 amide bonds. The Morgan fingerprint density at radius 1 is 1.14 bits per heavy atom. The lowest BCUT2D eigenvalue weighted by Crippen LogP contribution is -2.29. The van der Waals surface area contributed by atoms with E-state index in [1.54, 1.807) is 12.1 Å². The molecule has 112 valence electrons. The van der Waals surface area contributed by atoms with E-state index < -0.39 is 6.61 Å². The number of hydrogen-bond acceptors (Lipinski definition) is 3. The fourth-order valence-electron chi connectivity index (χ4n) is 2.08. The monoisotopic (exact) mass is 356 g/mol. The molecule has 6 heteroatoms. The van der Waals surface area contributed by atoms with Crippen LogP contribution in [0, 0.1) is 0 Å². The van der Waals surface area contributed by atoms with Gasteiger partial charge in [0.2, 0.25) is 0 Å². The molecule has 21 heavy (non-hydrogen) atoms. The Bertz CT molecular complexity index is 595. The summed E-state index contributed by atoms with van der Waals surface area (Å²) >= 11 is 3.41. The first kappa shape index (κ1) is 15.9. The summed E-state index contributed by atoms with van der Waals surface area (Å²) in [5.74, 6) is 5.71. The molecular weight excluding hydrogens is 342 g/mol. The number of benzene rings is 2. The largest absolute Gasteiger partial charge is 0.435 e. The standard InChI is InChI=1S/C15H15BrF2N2O/c16-12-5-1-3-10(7-12)8-14(20-19)11-4-2-6-13(9-11)21-15(17)18/h1-7,9,14-15,20H,8,19H2. The van der Waals surface area contributed by atoms with E-state index in [-0.39, 0.29) is 11.8 Å². The summed E-state index contributed by atoms with van der Waals surface area (Å²) in [5.41, 5.74) is 4.57. The van der Waals surface area contributed by atoms with E-state index in [2.05, 4.69) is 26.1 Å². The summed E-state index contributed by atoms with van der Waals surface area (Å²) in [6.45, 7) is -2.84. The highest BCUT2D eigenvalue weighted by Crippen LogP contribution is 2.24. The maximum atomic E-state index is 12.3. The van der Waals surface area contributed by atoms with Crippen molar-refractivity contribution in [3.8, 4) is 5.75 Å². The molecule has 3 nitrogen and oxygen atoms in total. The number of rotatable bonds is 6. The summed E-state index contributed by atoms with van der Waals surface area (Å²) in [6, 6.07) is 14.2. The molecule has 1 unspecified atom stereocenters. The van der Waals surface area contributed by atoms with Gasteiger partial charge in [0, 0.05) is 4.47 Å². The number of halogens is 3. The Kier molecular flexibility index (Phi) is 5.67. The SMILES string of the molecule is NNC(Cc1cccc(Br)c1)c1cccc(OC(F)F)c1. The van der Waals surface area contributed by atoms with Crippen LogP contribution >= 0.6 is 15.9 Å². The van der Waals surface area contributed by atoms with Crippen LogP contribution in [0.3, 0.4) is 0 Å². The Morgan fingerprint density at radius 2 is 1.90 bits per heavy atom. The van der Waals surface area contributed by atoms with Crippen LogP contribution in [0.25, 0.3) is 0 Å². The van der Waals surface area contributed by atoms with Crippen molar-refractivity contribution in [3.63, 3.8) is 0 Å². The Balaban J connectivity index is 2.17. The molecule has 0 heterocycles. The van der Waals surface area contributed by atoms with E-state index in [1.165, 1.54) is 6.07 Å². The third kappa shape index (κ3) is 4.77. The maximum Gasteiger partial charge on any atom is 0.387 e. The molecule has 0 aromatic heterocycles. The molecule has 1 atom stereocenters. The van der Waals surface area contributed by atoms with E-state index in [4.69, 9.17) is 5.84 Å². The van der Waals surface area contributed by atoms with Gasteiger partial charge < -0.3 is 4.74 Å². The lowest BCUT2D eigenvalue weighted by atomic mass is 9.99. The highest BCUT2D eigenvalue weighted by Gasteiger charge is 2.13. The highest BCUT2D eigenvalue weighted by molar-refractivity contribution is 9.10. The van der Waals surface area contributed by atoms with Crippen LogP contribution < -0.4 is 16.0 Å². The van der Waals surface area contributed by atoms with Gasteiger partial charge in [-0.1, -0.05) is 40.2 Å². The van der Waals surface area contributed by atoms with Crippen molar-refractivity contribution in [2.24, 2.45) is 5.84 Å². The molecule has 0 saturated heterocycles. The second-order valence-electron chi connectivity index (χ2n) is 4.50. The van der Waals surface area contributed by atoms with Crippen molar-refractivity contribution in [1.29, 1.82) is 0 Å². The quantitative estimate of drug-likeness (QED) is 0.611. The molecule has 0 spiro atoms. The zero-order valence-corrected chi connectivity index (χ0v) is 12.7. The Hall–Kier alpha value is -1.50. The van der Waals surface area contributed by atoms with Crippen molar-refractivity contribution < 1.29 is 13.5 Å². The van der Waals surface area contributed by atoms with E-state index in [1.807, 2.05) is 30.3 Å². The summed E-state index contributed by atoms with van der Waals surface area (Å²) < 4.78 is 29.9. The van der Waals surface area contributed by atoms with Crippen LogP contribution in [0.1, 0.15) is 17.2 Å². The minimum atomic E-state index is -2.84. The van der Waals surface area contributed by atoms with Gasteiger partial charge in [-0.2, -0.15) is 8.78 Å². The molecule has 0 aliphatic carbocycles. The van der Waals surface area contributed by atoms with Crippen LogP contribution in [0.15, 0.2) is 53.0 Å². The molecule has 0 fully saturated rings. The molecule has 0 aliphatic heterocycles. The second-order valence-corrected chi connectivity index (χ2v) is 5.42. The van der Waals surface area contributed by atoms with Gasteiger partial charge >= 0.3 is 6.61 Å². The van der Waals surface area contributed by atoms with Crippen LogP contribution in [-0.2, 0) is 6.42 Å². The van der Waals surface area contributed by atoms with Crippen molar-refractivity contribution in [2.45, 2.75) is 19.1 Å². The number of alkyl halides is 2. The van der Waals surface area contributed by atoms with Gasteiger partial charge in [-0.3, -0.25) is 11.3 Å². The average molecular weight is 357 g/mol. The number of nitrogens with one attached hydrogen (secondary N) is 1. The lowest BCUT2D eigenvalue weighted by molar-refractivity contribution is -0.0499. The fourth-order valence-corrected chi connectivity index (χ4v) is 2.53. The van der Waals surface area contributed by atoms with Gasteiger partial charge in [0.25, 0.3) is 0 Å². The van der Waals surface area contributed by atoms with Gasteiger partial charge in [0.1, 0.15) is 5.75 Å². The summed E-state index contributed by atoms with van der Waals surface area (Å²) in [6.07, 6.45) is 0.633. The molecule has 0 bridgehead atoms. The molecule has 2 rings (SSSR count). The van der Waals surface area contributed by atoms with Gasteiger partial charge in [0.05, 0.1) is 6.04 Å². The minimum Gasteiger partial charge on any atom is -0.435 e. The smallest absolute Gasteiger partial charge is 0.387 e. The zero-order chi connectivity index (χ0) is 15.2. The average Bonchev–Trinajstić information content (AvgIpc) is 2.44. The van der Waals surface area contributed by atoms with E-state index in [9.17, 15) is 8.78 Å². The minimum absolute atomic E-state index is 0.122. The highest BCUT2D eigenvalue weighted by atomic mass is 79.9. The molecular formula is C15H15BrF2N2O. The molecule has 0 saturated carbocycles. The summed E-state index contributed by atoms with van der Waals surface area (Å²) in [5, 5.41) is 0. The maximum absolute atomic E-state index is 12.3. The topological polar surface area (TPSA) is 47.3 Å². The second kappa shape index (κ2) is 7.49. The normalized spacial score (nSPS) is 12.4. The number of hydrogen-bond donors (Lipinski definition) is 2. The van der Waals surface area contributed by atoms with Gasteiger partial charge in [-0.15, -0.1) is 0 Å². The van der Waals surface area contributed by atoms with Crippen LogP contribution in [-0.4, -0.2) is 6.61 Å². The zero-order valence-electron chi connectivity index (χ0n) is 11.1. The lowest BCUT2D eigenvalue weighted by Gasteiger charge is -2.17. The third-order valence-electron chi connectivity index (χ3n) is 3.02. The van der Waals surface area contributed by atoms with E-state index >= 15 is 0 Å². The van der Waals surface area contributed by atoms with Crippen molar-refractivity contribution in [2.75, 3.05) is 0 Å². The van der Waals surface area contributed by atoms with Gasteiger partial charge in [-0.05, 0) is 41.8 Å². The predicted molar refractivity (Wildman–Crippen MR) is 81.0 cm³/mol. The molecule has 0 aliphatic rings. The summed E-state index contributed by atoms with van der Waals surface area (Å²) in [4.78, 5) is 0. The van der Waals surface area contributed by atoms with Crippen LogP contribution in [0.5, 0.6) is 5.75 Å². The molecule has 3 N–H and O–H groups in total. The van der Waals surface area contributed by atoms with E-state index in [0.29, 0.717) is 6.42 Å². The fraction of sp³-hybridized carbons (Fsp3) is 0.200. The number of hydrazine groups is 1. The number of nitrogens with two attached hydrogens (primary N) is 1. The van der Waals surface area contributed by atoms with Crippen molar-refractivity contribution in [3.05, 3.63) is 64.1 Å². The Labute approximate surface area is 130 Å². The first-order valence-electron chi connectivity index (χ1n) is 6.34. The van der Waals surface area contributed by atoms with Crippen molar-refractivity contribution >= 4 is 15.9 Å². The molecule has 2 aromatic rings. The van der Waals surface area contributed by atoms with Gasteiger partial charge in [0.15, 0.2) is 0 Å². The van der Waals surface area contributed by atoms with E-state index in [0.717, 1.165) is 15.6 Å². The van der Waals surface area contributed by atoms with Crippen LogP contribution in [0.4, 0.5) is 8.78 Å². The Morgan fingerprint density at radius 3 is 2.57 bits per heavy atom. The summed E-state index contributed by atoms with van der Waals surface area (Å²) in [7, 11) is 0. The third-order valence-corrected chi connectivity index (χ3v) is 3.51. The predicted octanol–water partition coefficient (Wildman–Crippen LogP) is 3.80. The first-order chi connectivity index (χ1) is 10.1. The molecule has 0 radical (unpaired) electrons.